The third kappa shape index (κ3) is 4.21. The van der Waals surface area contributed by atoms with Crippen LogP contribution >= 0.6 is 23.4 Å². The molecule has 0 unspecified atom stereocenters. The van der Waals surface area contributed by atoms with Crippen LogP contribution in [-0.2, 0) is 4.79 Å². The van der Waals surface area contributed by atoms with E-state index in [2.05, 4.69) is 26.7 Å². The van der Waals surface area contributed by atoms with E-state index < -0.39 is 0 Å². The number of piperazine rings is 1. The Morgan fingerprint density at radius 3 is 2.57 bits per heavy atom. The number of hydrogen-bond acceptors (Lipinski definition) is 5. The highest BCUT2D eigenvalue weighted by Crippen LogP contribution is 2.38. The summed E-state index contributed by atoms with van der Waals surface area (Å²) in [5.74, 6) is 1.39. The number of amides is 1. The van der Waals surface area contributed by atoms with Crippen molar-refractivity contribution in [3.63, 3.8) is 0 Å². The first-order valence-electron chi connectivity index (χ1n) is 9.92. The molecule has 1 aromatic carbocycles. The van der Waals surface area contributed by atoms with Crippen LogP contribution in [0.5, 0.6) is 0 Å². The highest BCUT2D eigenvalue weighted by molar-refractivity contribution is 7.99. The summed E-state index contributed by atoms with van der Waals surface area (Å²) >= 11 is 7.93. The van der Waals surface area contributed by atoms with Gasteiger partial charge in [-0.1, -0.05) is 48.3 Å². The van der Waals surface area contributed by atoms with E-state index in [1.54, 1.807) is 0 Å². The summed E-state index contributed by atoms with van der Waals surface area (Å²) in [6.45, 7) is 3.47. The van der Waals surface area contributed by atoms with Gasteiger partial charge < -0.3 is 9.80 Å². The van der Waals surface area contributed by atoms with Gasteiger partial charge in [-0.15, -0.1) is 10.2 Å². The van der Waals surface area contributed by atoms with Crippen LogP contribution in [0.15, 0.2) is 29.4 Å². The Morgan fingerprint density at radius 2 is 1.86 bits per heavy atom. The van der Waals surface area contributed by atoms with Crippen LogP contribution in [0.25, 0.3) is 11.4 Å². The second kappa shape index (κ2) is 8.84. The molecule has 2 aromatic rings. The lowest BCUT2D eigenvalue weighted by Gasteiger charge is -2.32. The monoisotopic (exact) mass is 419 g/mol. The van der Waals surface area contributed by atoms with Crippen LogP contribution in [-0.4, -0.2) is 69.5 Å². The van der Waals surface area contributed by atoms with Crippen LogP contribution in [0.4, 0.5) is 0 Å². The Balaban J connectivity index is 1.54. The van der Waals surface area contributed by atoms with Gasteiger partial charge in [0, 0.05) is 37.8 Å². The van der Waals surface area contributed by atoms with Gasteiger partial charge in [-0.05, 0) is 32.0 Å². The molecule has 6 nitrogen and oxygen atoms in total. The SMILES string of the molecule is CN1CCN(C(=O)CSc2nnc(-c3ccccc3Cl)n2C2CCCC2)CC1. The minimum atomic E-state index is 0.179. The van der Waals surface area contributed by atoms with Crippen LogP contribution in [0.3, 0.4) is 0 Å². The molecule has 0 atom stereocenters. The first-order chi connectivity index (χ1) is 13.6. The van der Waals surface area contributed by atoms with E-state index >= 15 is 0 Å². The molecule has 150 valence electrons. The minimum absolute atomic E-state index is 0.179. The van der Waals surface area contributed by atoms with E-state index in [-0.39, 0.29) is 5.91 Å². The number of benzene rings is 1. The number of aromatic nitrogens is 3. The molecule has 1 amide bonds. The number of carbonyl (C=O) groups excluding carboxylic acids is 1. The number of thioether (sulfide) groups is 1. The first kappa shape index (κ1) is 19.7. The van der Waals surface area contributed by atoms with E-state index in [4.69, 9.17) is 11.6 Å². The van der Waals surface area contributed by atoms with E-state index in [0.717, 1.165) is 55.6 Å². The summed E-state index contributed by atoms with van der Waals surface area (Å²) in [5.41, 5.74) is 0.904. The van der Waals surface area contributed by atoms with Crippen LogP contribution in [0.1, 0.15) is 31.7 Å². The van der Waals surface area contributed by atoms with Crippen molar-refractivity contribution in [3.8, 4) is 11.4 Å². The predicted octanol–water partition coefficient (Wildman–Crippen LogP) is 3.58. The molecule has 28 heavy (non-hydrogen) atoms. The molecule has 1 saturated heterocycles. The lowest BCUT2D eigenvalue weighted by molar-refractivity contribution is -0.129. The Labute approximate surface area is 175 Å². The summed E-state index contributed by atoms with van der Waals surface area (Å²) in [7, 11) is 2.09. The summed E-state index contributed by atoms with van der Waals surface area (Å²) in [6, 6.07) is 8.14. The maximum absolute atomic E-state index is 12.6. The minimum Gasteiger partial charge on any atom is -0.339 e. The Bertz CT molecular complexity index is 828. The average molecular weight is 420 g/mol. The fraction of sp³-hybridized carbons (Fsp3) is 0.550. The molecule has 1 aliphatic carbocycles. The van der Waals surface area contributed by atoms with Crippen molar-refractivity contribution in [2.45, 2.75) is 36.9 Å². The molecule has 0 radical (unpaired) electrons. The van der Waals surface area contributed by atoms with Gasteiger partial charge in [0.15, 0.2) is 11.0 Å². The number of rotatable bonds is 5. The van der Waals surface area contributed by atoms with Gasteiger partial charge in [0.1, 0.15) is 0 Å². The van der Waals surface area contributed by atoms with E-state index in [9.17, 15) is 4.79 Å². The normalized spacial score (nSPS) is 18.7. The molecule has 0 bridgehead atoms. The maximum atomic E-state index is 12.6. The van der Waals surface area contributed by atoms with Crippen LogP contribution in [0, 0.1) is 0 Å². The number of likely N-dealkylation sites (N-methyl/N-ethyl adjacent to an activating group) is 1. The Hall–Kier alpha value is -1.57. The van der Waals surface area contributed by atoms with Gasteiger partial charge in [-0.2, -0.15) is 0 Å². The molecule has 2 aliphatic rings. The van der Waals surface area contributed by atoms with Gasteiger partial charge in [-0.3, -0.25) is 9.36 Å². The van der Waals surface area contributed by atoms with Gasteiger partial charge in [-0.25, -0.2) is 0 Å². The summed E-state index contributed by atoms with van der Waals surface area (Å²) in [5, 5.41) is 10.4. The first-order valence-corrected chi connectivity index (χ1v) is 11.3. The topological polar surface area (TPSA) is 54.3 Å². The second-order valence-electron chi connectivity index (χ2n) is 7.57. The molecular weight excluding hydrogens is 394 g/mol. The van der Waals surface area contributed by atoms with Crippen molar-refractivity contribution < 1.29 is 4.79 Å². The van der Waals surface area contributed by atoms with Crippen molar-refractivity contribution in [2.75, 3.05) is 39.0 Å². The lowest BCUT2D eigenvalue weighted by Crippen LogP contribution is -2.47. The lowest BCUT2D eigenvalue weighted by atomic mass is 10.2. The Kier molecular flexibility index (Phi) is 6.23. The number of halogens is 1. The molecule has 1 aromatic heterocycles. The van der Waals surface area contributed by atoms with Crippen molar-refractivity contribution in [1.82, 2.24) is 24.6 Å². The zero-order valence-corrected chi connectivity index (χ0v) is 17.8. The largest absolute Gasteiger partial charge is 0.339 e. The number of nitrogens with zero attached hydrogens (tertiary/aromatic N) is 5. The highest BCUT2D eigenvalue weighted by atomic mass is 35.5. The van der Waals surface area contributed by atoms with Crippen LogP contribution < -0.4 is 0 Å². The maximum Gasteiger partial charge on any atom is 0.233 e. The van der Waals surface area contributed by atoms with Crippen molar-refractivity contribution in [1.29, 1.82) is 0 Å². The molecule has 4 rings (SSSR count). The summed E-state index contributed by atoms with van der Waals surface area (Å²) < 4.78 is 2.22. The summed E-state index contributed by atoms with van der Waals surface area (Å²) in [4.78, 5) is 16.9. The van der Waals surface area contributed by atoms with E-state index in [0.29, 0.717) is 16.8 Å². The van der Waals surface area contributed by atoms with Crippen molar-refractivity contribution in [2.24, 2.45) is 0 Å². The Morgan fingerprint density at radius 1 is 1.14 bits per heavy atom. The molecule has 1 saturated carbocycles. The van der Waals surface area contributed by atoms with Crippen molar-refractivity contribution >= 4 is 29.3 Å². The van der Waals surface area contributed by atoms with Gasteiger partial charge in [0.05, 0.1) is 10.8 Å². The predicted molar refractivity (Wildman–Crippen MR) is 113 cm³/mol. The van der Waals surface area contributed by atoms with Gasteiger partial charge >= 0.3 is 0 Å². The molecule has 1 aliphatic heterocycles. The van der Waals surface area contributed by atoms with E-state index in [1.165, 1.54) is 24.6 Å². The van der Waals surface area contributed by atoms with Crippen LogP contribution in [0.2, 0.25) is 5.02 Å². The second-order valence-corrected chi connectivity index (χ2v) is 8.92. The fourth-order valence-corrected chi connectivity index (χ4v) is 5.10. The fourth-order valence-electron chi connectivity index (χ4n) is 3.97. The molecule has 0 spiro atoms. The quantitative estimate of drug-likeness (QED) is 0.693. The molecule has 0 N–H and O–H groups in total. The average Bonchev–Trinajstić information content (AvgIpc) is 3.36. The number of hydrogen-bond donors (Lipinski definition) is 0. The molecule has 2 fully saturated rings. The number of carbonyl (C=O) groups is 1. The molecular formula is C20H26ClN5OS. The third-order valence-corrected chi connectivity index (χ3v) is 6.91. The smallest absolute Gasteiger partial charge is 0.233 e. The van der Waals surface area contributed by atoms with Gasteiger partial charge in [0.25, 0.3) is 0 Å². The van der Waals surface area contributed by atoms with Crippen molar-refractivity contribution in [3.05, 3.63) is 29.3 Å². The molecule has 8 heteroatoms. The zero-order chi connectivity index (χ0) is 19.5. The zero-order valence-electron chi connectivity index (χ0n) is 16.2. The summed E-state index contributed by atoms with van der Waals surface area (Å²) in [6.07, 6.45) is 4.68. The van der Waals surface area contributed by atoms with Gasteiger partial charge in [0.2, 0.25) is 5.91 Å². The van der Waals surface area contributed by atoms with E-state index in [1.807, 2.05) is 29.2 Å². The standard InChI is InChI=1S/C20H26ClN5OS/c1-24-10-12-25(13-11-24)18(27)14-28-20-23-22-19(16-8-4-5-9-17(16)21)26(20)15-6-2-3-7-15/h4-5,8-9,15H,2-3,6-7,10-14H2,1H3. The third-order valence-electron chi connectivity index (χ3n) is 5.65. The highest BCUT2D eigenvalue weighted by Gasteiger charge is 2.27. The molecule has 2 heterocycles.